The molecule has 7 heteroatoms. The smallest absolute Gasteiger partial charge is 0.326 e. The number of aromatic hydroxyl groups is 1. The van der Waals surface area contributed by atoms with Crippen molar-refractivity contribution in [3.05, 3.63) is 33.7 Å². The van der Waals surface area contributed by atoms with Crippen LogP contribution in [0.25, 0.3) is 0 Å². The lowest BCUT2D eigenvalue weighted by Crippen LogP contribution is -2.46. The number of hydrogen-bond donors (Lipinski definition) is 3. The van der Waals surface area contributed by atoms with Crippen LogP contribution in [0.1, 0.15) is 78.5 Å². The Labute approximate surface area is 179 Å². The molecular weight excluding hydrogens is 384 g/mol. The number of phenolic OH excluding ortho intramolecular Hbond substituents is 1. The molecule has 0 saturated carbocycles. The summed E-state index contributed by atoms with van der Waals surface area (Å²) in [5.41, 5.74) is 1.41. The van der Waals surface area contributed by atoms with Crippen LogP contribution < -0.4 is 5.32 Å². The summed E-state index contributed by atoms with van der Waals surface area (Å²) in [7, 11) is 0. The Bertz CT molecular complexity index is 753. The van der Waals surface area contributed by atoms with Crippen LogP contribution in [0, 0.1) is 10.8 Å². The van der Waals surface area contributed by atoms with Crippen molar-refractivity contribution in [2.75, 3.05) is 0 Å². The van der Waals surface area contributed by atoms with Crippen molar-refractivity contribution in [1.29, 1.82) is 0 Å². The number of amides is 1. The second kappa shape index (κ2) is 9.58. The maximum absolute atomic E-state index is 12.4. The molecule has 0 spiro atoms. The highest BCUT2D eigenvalue weighted by atomic mass is 16.4. The fourth-order valence-electron chi connectivity index (χ4n) is 3.30. The first-order valence-electron chi connectivity index (χ1n) is 10.3. The van der Waals surface area contributed by atoms with Gasteiger partial charge in [-0.1, -0.05) is 72.7 Å². The summed E-state index contributed by atoms with van der Waals surface area (Å²) in [5.74, 6) is -1.60. The lowest BCUT2D eigenvalue weighted by atomic mass is 9.78. The van der Waals surface area contributed by atoms with Gasteiger partial charge in [0.25, 0.3) is 0 Å². The molecule has 0 aliphatic carbocycles. The Morgan fingerprint density at radius 1 is 1.03 bits per heavy atom. The fourth-order valence-corrected chi connectivity index (χ4v) is 3.30. The second-order valence-corrected chi connectivity index (χ2v) is 10.4. The molecular formula is C23H36N2O5. The zero-order chi connectivity index (χ0) is 23.4. The Kier molecular flexibility index (Phi) is 8.17. The number of carbonyl (C=O) groups is 2. The molecule has 7 nitrogen and oxygen atoms in total. The Balaban J connectivity index is 3.30. The van der Waals surface area contributed by atoms with E-state index in [-0.39, 0.29) is 35.3 Å². The van der Waals surface area contributed by atoms with Crippen molar-refractivity contribution in [3.63, 3.8) is 0 Å². The van der Waals surface area contributed by atoms with Gasteiger partial charge in [-0.2, -0.15) is 0 Å². The number of carboxylic acids is 1. The van der Waals surface area contributed by atoms with Gasteiger partial charge < -0.3 is 15.5 Å². The van der Waals surface area contributed by atoms with Gasteiger partial charge in [-0.05, 0) is 39.9 Å². The summed E-state index contributed by atoms with van der Waals surface area (Å²) in [6.07, 6.45) is 0.282. The minimum Gasteiger partial charge on any atom is -0.507 e. The molecule has 0 saturated heterocycles. The van der Waals surface area contributed by atoms with Gasteiger partial charge >= 0.3 is 5.97 Å². The summed E-state index contributed by atoms with van der Waals surface area (Å²) in [4.78, 5) is 35.3. The Morgan fingerprint density at radius 3 is 1.83 bits per heavy atom. The number of benzene rings is 1. The second-order valence-electron chi connectivity index (χ2n) is 10.4. The third-order valence-electron chi connectivity index (χ3n) is 4.96. The van der Waals surface area contributed by atoms with E-state index in [1.54, 1.807) is 12.1 Å². The molecule has 1 unspecified atom stereocenters. The molecule has 0 aliphatic rings. The highest BCUT2D eigenvalue weighted by Crippen LogP contribution is 2.40. The number of phenols is 1. The first kappa shape index (κ1) is 25.6. The highest BCUT2D eigenvalue weighted by Gasteiger charge is 2.30. The quantitative estimate of drug-likeness (QED) is 0.543. The van der Waals surface area contributed by atoms with E-state index in [2.05, 4.69) is 10.5 Å². The lowest BCUT2D eigenvalue weighted by Gasteiger charge is -2.29. The molecule has 0 aromatic heterocycles. The maximum atomic E-state index is 12.4. The van der Waals surface area contributed by atoms with Crippen LogP contribution in [-0.4, -0.2) is 34.2 Å². The van der Waals surface area contributed by atoms with Crippen LogP contribution in [0.15, 0.2) is 17.3 Å². The zero-order valence-electron chi connectivity index (χ0n) is 19.4. The van der Waals surface area contributed by atoms with Crippen molar-refractivity contribution in [2.24, 2.45) is 11.1 Å². The number of nitrogens with one attached hydrogen (secondary N) is 1. The summed E-state index contributed by atoms with van der Waals surface area (Å²) < 4.78 is 0. The van der Waals surface area contributed by atoms with Crippen molar-refractivity contribution < 1.29 is 19.8 Å². The van der Waals surface area contributed by atoms with Crippen LogP contribution >= 0.6 is 0 Å². The number of nitrogens with zero attached hydrogens (tertiary/aromatic N) is 1. The van der Waals surface area contributed by atoms with E-state index in [0.29, 0.717) is 16.7 Å². The van der Waals surface area contributed by atoms with Crippen molar-refractivity contribution >= 4 is 11.9 Å². The van der Waals surface area contributed by atoms with E-state index in [9.17, 15) is 24.7 Å². The van der Waals surface area contributed by atoms with Gasteiger partial charge in [0.2, 0.25) is 5.91 Å². The summed E-state index contributed by atoms with van der Waals surface area (Å²) >= 11 is 0. The lowest BCUT2D eigenvalue weighted by molar-refractivity contribution is -0.142. The van der Waals surface area contributed by atoms with Crippen LogP contribution in [0.2, 0.25) is 0 Å². The molecule has 3 N–H and O–H groups in total. The maximum Gasteiger partial charge on any atom is 0.326 e. The van der Waals surface area contributed by atoms with Gasteiger partial charge in [-0.15, -0.1) is 4.91 Å². The van der Waals surface area contributed by atoms with Gasteiger partial charge in [0.15, 0.2) is 6.04 Å². The molecule has 1 amide bonds. The van der Waals surface area contributed by atoms with E-state index in [4.69, 9.17) is 0 Å². The predicted octanol–water partition coefficient (Wildman–Crippen LogP) is 4.28. The standard InChI is InChI=1S/C23H36N2O5/c1-13(2)9-17(25-30)20(27)24-18(21(28)29)12-14-10-15(22(3,4)5)19(26)16(11-14)23(6,7)8/h10-11,13,17-18,26H,9,12H2,1-8H3,(H,24,27)(H,28,29)/t17?,18-/m0/s1. The molecule has 168 valence electrons. The number of nitroso groups, excluding NO2 is 1. The average Bonchev–Trinajstić information content (AvgIpc) is 2.57. The van der Waals surface area contributed by atoms with Gasteiger partial charge in [0.05, 0.1) is 0 Å². The van der Waals surface area contributed by atoms with E-state index in [1.807, 2.05) is 55.4 Å². The first-order valence-corrected chi connectivity index (χ1v) is 10.3. The van der Waals surface area contributed by atoms with E-state index in [0.717, 1.165) is 0 Å². The molecule has 0 heterocycles. The number of carboxylic acid groups (broad SMARTS) is 1. The normalized spacial score (nSPS) is 14.3. The molecule has 0 fully saturated rings. The summed E-state index contributed by atoms with van der Waals surface area (Å²) in [5, 5.41) is 25.8. The Hall–Kier alpha value is -2.44. The zero-order valence-corrected chi connectivity index (χ0v) is 19.4. The molecule has 1 aromatic rings. The largest absolute Gasteiger partial charge is 0.507 e. The van der Waals surface area contributed by atoms with Crippen LogP contribution in [0.3, 0.4) is 0 Å². The van der Waals surface area contributed by atoms with Crippen molar-refractivity contribution in [2.45, 2.75) is 91.1 Å². The van der Waals surface area contributed by atoms with E-state index in [1.165, 1.54) is 0 Å². The van der Waals surface area contributed by atoms with Crippen molar-refractivity contribution in [3.8, 4) is 5.75 Å². The van der Waals surface area contributed by atoms with Crippen molar-refractivity contribution in [1.82, 2.24) is 5.32 Å². The summed E-state index contributed by atoms with van der Waals surface area (Å²) in [6, 6.07) is 1.24. The van der Waals surface area contributed by atoms with Crippen LogP contribution in [-0.2, 0) is 26.8 Å². The van der Waals surface area contributed by atoms with Gasteiger partial charge in [0, 0.05) is 6.42 Å². The minimum atomic E-state index is -1.21. The molecule has 2 atom stereocenters. The highest BCUT2D eigenvalue weighted by molar-refractivity contribution is 5.87. The van der Waals surface area contributed by atoms with Crippen LogP contribution in [0.4, 0.5) is 0 Å². The Morgan fingerprint density at radius 2 is 1.50 bits per heavy atom. The molecule has 1 rings (SSSR count). The van der Waals surface area contributed by atoms with Gasteiger partial charge in [-0.3, -0.25) is 4.79 Å². The molecule has 1 aromatic carbocycles. The monoisotopic (exact) mass is 420 g/mol. The average molecular weight is 421 g/mol. The number of aliphatic carboxylic acids is 1. The predicted molar refractivity (Wildman–Crippen MR) is 118 cm³/mol. The third kappa shape index (κ3) is 6.82. The fraction of sp³-hybridized carbons (Fsp3) is 0.652. The number of rotatable bonds is 8. The first-order chi connectivity index (χ1) is 13.6. The third-order valence-corrected chi connectivity index (χ3v) is 4.96. The van der Waals surface area contributed by atoms with E-state index < -0.39 is 24.0 Å². The molecule has 0 radical (unpaired) electrons. The SMILES string of the molecule is CC(C)CC(N=O)C(=O)N[C@@H](Cc1cc(C(C)(C)C)c(O)c(C(C)(C)C)c1)C(=O)O. The molecule has 0 bridgehead atoms. The van der Waals surface area contributed by atoms with Gasteiger partial charge in [0.1, 0.15) is 11.8 Å². The van der Waals surface area contributed by atoms with E-state index >= 15 is 0 Å². The molecule has 30 heavy (non-hydrogen) atoms. The summed E-state index contributed by atoms with van der Waals surface area (Å²) in [6.45, 7) is 15.6. The number of hydrogen-bond acceptors (Lipinski definition) is 5. The van der Waals surface area contributed by atoms with Crippen LogP contribution in [0.5, 0.6) is 5.75 Å². The number of carbonyl (C=O) groups excluding carboxylic acids is 1. The van der Waals surface area contributed by atoms with Gasteiger partial charge in [-0.25, -0.2) is 4.79 Å². The molecule has 0 aliphatic heterocycles. The minimum absolute atomic E-state index is 0.0285. The topological polar surface area (TPSA) is 116 Å².